The van der Waals surface area contributed by atoms with Crippen molar-refractivity contribution in [3.8, 4) is 0 Å². The second kappa shape index (κ2) is 8.05. The van der Waals surface area contributed by atoms with Gasteiger partial charge in [-0.3, -0.25) is 19.3 Å². The summed E-state index contributed by atoms with van der Waals surface area (Å²) in [6, 6.07) is 13.0. The molecule has 2 aromatic rings. The zero-order valence-electron chi connectivity index (χ0n) is 14.1. The lowest BCUT2D eigenvalue weighted by Crippen LogP contribution is -2.47. The fourth-order valence-electron chi connectivity index (χ4n) is 2.89. The fourth-order valence-corrected chi connectivity index (χ4v) is 3.75. The molecule has 1 unspecified atom stereocenters. The molecule has 1 N–H and O–H groups in total. The number of rotatable bonds is 6. The number of benzene rings is 2. The Hall–Kier alpha value is -2.12. The summed E-state index contributed by atoms with van der Waals surface area (Å²) in [5, 5.41) is 2.81. The lowest BCUT2D eigenvalue weighted by atomic mass is 10.1. The first kappa shape index (κ1) is 18.7. The number of nitrogens with one attached hydrogen (secondary N) is 1. The van der Waals surface area contributed by atoms with E-state index in [1.54, 1.807) is 54.2 Å². The zero-order valence-corrected chi connectivity index (χ0v) is 16.5. The van der Waals surface area contributed by atoms with Gasteiger partial charge in [0.05, 0.1) is 11.1 Å². The van der Waals surface area contributed by atoms with Crippen LogP contribution in [0.4, 0.5) is 5.69 Å². The van der Waals surface area contributed by atoms with E-state index in [0.717, 1.165) is 9.37 Å². The Bertz CT molecular complexity index is 836. The molecule has 7 heteroatoms. The molecule has 1 atom stereocenters. The van der Waals surface area contributed by atoms with Gasteiger partial charge < -0.3 is 5.32 Å². The van der Waals surface area contributed by atoms with E-state index < -0.39 is 17.9 Å². The first-order valence-corrected chi connectivity index (χ1v) is 10.2. The van der Waals surface area contributed by atoms with Crippen LogP contribution in [0.1, 0.15) is 27.1 Å². The van der Waals surface area contributed by atoms with Gasteiger partial charge in [-0.2, -0.15) is 11.8 Å². The molecule has 1 aliphatic rings. The zero-order chi connectivity index (χ0) is 18.7. The minimum Gasteiger partial charge on any atom is -0.324 e. The molecule has 3 amide bonds. The van der Waals surface area contributed by atoms with Crippen molar-refractivity contribution in [3.05, 3.63) is 64.1 Å². The molecule has 0 spiro atoms. The van der Waals surface area contributed by atoms with Gasteiger partial charge in [0.1, 0.15) is 6.04 Å². The van der Waals surface area contributed by atoms with Gasteiger partial charge in [0.2, 0.25) is 5.91 Å². The maximum atomic E-state index is 12.9. The highest BCUT2D eigenvalue weighted by atomic mass is 79.9. The molecule has 2 aromatic carbocycles. The smallest absolute Gasteiger partial charge is 0.262 e. The van der Waals surface area contributed by atoms with Gasteiger partial charge in [0, 0.05) is 10.2 Å². The van der Waals surface area contributed by atoms with E-state index in [1.165, 1.54) is 0 Å². The second-order valence-electron chi connectivity index (χ2n) is 5.82. The van der Waals surface area contributed by atoms with E-state index >= 15 is 0 Å². The van der Waals surface area contributed by atoms with Crippen molar-refractivity contribution in [2.75, 3.05) is 17.3 Å². The lowest BCUT2D eigenvalue weighted by molar-refractivity contribution is -0.120. The summed E-state index contributed by atoms with van der Waals surface area (Å²) >= 11 is 4.93. The Balaban J connectivity index is 1.88. The molecule has 26 heavy (non-hydrogen) atoms. The molecule has 0 bridgehead atoms. The van der Waals surface area contributed by atoms with Crippen molar-refractivity contribution in [2.45, 2.75) is 12.5 Å². The topological polar surface area (TPSA) is 66.5 Å². The van der Waals surface area contributed by atoms with Crippen LogP contribution in [0, 0.1) is 0 Å². The molecule has 1 aliphatic heterocycles. The number of halogens is 1. The third-order valence-electron chi connectivity index (χ3n) is 4.13. The van der Waals surface area contributed by atoms with Crippen LogP contribution in [0.3, 0.4) is 0 Å². The van der Waals surface area contributed by atoms with E-state index in [0.29, 0.717) is 29.0 Å². The standard InChI is InChI=1S/C19H17BrN2O3S/c1-26-10-9-16(17(23)21-13-6-4-5-12(20)11-13)22-18(24)14-7-2-3-8-15(14)19(22)25/h2-8,11,16H,9-10H2,1H3,(H,21,23). The van der Waals surface area contributed by atoms with Gasteiger partial charge in [-0.05, 0) is 48.8 Å². The summed E-state index contributed by atoms with van der Waals surface area (Å²) in [4.78, 5) is 39.4. The molecule has 0 saturated heterocycles. The van der Waals surface area contributed by atoms with E-state index in [2.05, 4.69) is 21.2 Å². The van der Waals surface area contributed by atoms with Gasteiger partial charge in [0.15, 0.2) is 0 Å². The molecule has 5 nitrogen and oxygen atoms in total. The minimum absolute atomic E-state index is 0.349. The Kier molecular flexibility index (Phi) is 5.78. The third-order valence-corrected chi connectivity index (χ3v) is 5.26. The largest absolute Gasteiger partial charge is 0.324 e. The Morgan fingerprint density at radius 3 is 2.35 bits per heavy atom. The normalized spacial score (nSPS) is 14.3. The summed E-state index contributed by atoms with van der Waals surface area (Å²) in [6.45, 7) is 0. The number of imide groups is 1. The summed E-state index contributed by atoms with van der Waals surface area (Å²) in [5.41, 5.74) is 1.30. The first-order valence-electron chi connectivity index (χ1n) is 8.05. The van der Waals surface area contributed by atoms with Gasteiger partial charge >= 0.3 is 0 Å². The van der Waals surface area contributed by atoms with E-state index in [1.807, 2.05) is 12.3 Å². The lowest BCUT2D eigenvalue weighted by Gasteiger charge is -2.25. The number of thioether (sulfide) groups is 1. The van der Waals surface area contributed by atoms with Crippen LogP contribution < -0.4 is 5.32 Å². The number of carbonyl (C=O) groups excluding carboxylic acids is 3. The van der Waals surface area contributed by atoms with Gasteiger partial charge in [-0.25, -0.2) is 0 Å². The van der Waals surface area contributed by atoms with Gasteiger partial charge in [-0.1, -0.05) is 34.1 Å². The van der Waals surface area contributed by atoms with Gasteiger partial charge in [0.25, 0.3) is 11.8 Å². The number of anilines is 1. The summed E-state index contributed by atoms with van der Waals surface area (Å²) in [6.07, 6.45) is 2.32. The summed E-state index contributed by atoms with van der Waals surface area (Å²) in [7, 11) is 0. The average Bonchev–Trinajstić information content (AvgIpc) is 2.87. The first-order chi connectivity index (χ1) is 12.5. The third kappa shape index (κ3) is 3.68. The Morgan fingerprint density at radius 1 is 1.12 bits per heavy atom. The summed E-state index contributed by atoms with van der Waals surface area (Å²) in [5.74, 6) is -0.543. The number of nitrogens with zero attached hydrogens (tertiary/aromatic N) is 1. The molecular formula is C19H17BrN2O3S. The van der Waals surface area contributed by atoms with Crippen LogP contribution in [-0.4, -0.2) is 40.7 Å². The number of fused-ring (bicyclic) bond motifs is 1. The highest BCUT2D eigenvalue weighted by molar-refractivity contribution is 9.10. The summed E-state index contributed by atoms with van der Waals surface area (Å²) < 4.78 is 0.830. The highest BCUT2D eigenvalue weighted by Crippen LogP contribution is 2.27. The van der Waals surface area contributed by atoms with Crippen LogP contribution in [0.15, 0.2) is 53.0 Å². The van der Waals surface area contributed by atoms with Crippen molar-refractivity contribution in [1.29, 1.82) is 0 Å². The number of hydrogen-bond acceptors (Lipinski definition) is 4. The Morgan fingerprint density at radius 2 is 1.77 bits per heavy atom. The fraction of sp³-hybridized carbons (Fsp3) is 0.211. The maximum Gasteiger partial charge on any atom is 0.262 e. The average molecular weight is 433 g/mol. The number of carbonyl (C=O) groups is 3. The van der Waals surface area contributed by atoms with E-state index in [9.17, 15) is 14.4 Å². The van der Waals surface area contributed by atoms with Gasteiger partial charge in [-0.15, -0.1) is 0 Å². The maximum absolute atomic E-state index is 12.9. The predicted octanol–water partition coefficient (Wildman–Crippen LogP) is 3.81. The van der Waals surface area contributed by atoms with Crippen molar-refractivity contribution >= 4 is 51.1 Å². The number of amides is 3. The molecule has 134 valence electrons. The highest BCUT2D eigenvalue weighted by Gasteiger charge is 2.42. The number of hydrogen-bond donors (Lipinski definition) is 1. The molecule has 0 radical (unpaired) electrons. The van der Waals surface area contributed by atoms with Crippen LogP contribution in [0.2, 0.25) is 0 Å². The SMILES string of the molecule is CSCCC(C(=O)Nc1cccc(Br)c1)N1C(=O)c2ccccc2C1=O. The molecule has 3 rings (SSSR count). The van der Waals surface area contributed by atoms with E-state index in [4.69, 9.17) is 0 Å². The van der Waals surface area contributed by atoms with Crippen LogP contribution in [0.5, 0.6) is 0 Å². The molecule has 1 heterocycles. The van der Waals surface area contributed by atoms with Crippen molar-refractivity contribution in [2.24, 2.45) is 0 Å². The van der Waals surface area contributed by atoms with Crippen molar-refractivity contribution < 1.29 is 14.4 Å². The van der Waals surface area contributed by atoms with Crippen molar-refractivity contribution in [1.82, 2.24) is 4.90 Å². The minimum atomic E-state index is -0.853. The predicted molar refractivity (Wildman–Crippen MR) is 107 cm³/mol. The quantitative estimate of drug-likeness (QED) is 0.704. The molecule has 0 fully saturated rings. The van der Waals surface area contributed by atoms with Crippen LogP contribution in [-0.2, 0) is 4.79 Å². The molecular weight excluding hydrogens is 416 g/mol. The van der Waals surface area contributed by atoms with Crippen LogP contribution >= 0.6 is 27.7 Å². The van der Waals surface area contributed by atoms with Crippen molar-refractivity contribution in [3.63, 3.8) is 0 Å². The van der Waals surface area contributed by atoms with E-state index in [-0.39, 0.29) is 5.91 Å². The van der Waals surface area contributed by atoms with Crippen LogP contribution in [0.25, 0.3) is 0 Å². The molecule has 0 saturated carbocycles. The monoisotopic (exact) mass is 432 g/mol. The Labute approximate surface area is 164 Å². The molecule has 0 aliphatic carbocycles. The molecule has 0 aromatic heterocycles. The second-order valence-corrected chi connectivity index (χ2v) is 7.72.